The van der Waals surface area contributed by atoms with Gasteiger partial charge in [0.1, 0.15) is 0 Å². The topological polar surface area (TPSA) is 46.6 Å². The number of sulfonamides is 1. The Balaban J connectivity index is 2.40. The fourth-order valence-corrected chi connectivity index (χ4v) is 4.48. The summed E-state index contributed by atoms with van der Waals surface area (Å²) in [5.41, 5.74) is 0. The van der Waals surface area contributed by atoms with Gasteiger partial charge in [0.05, 0.1) is 22.6 Å². The molecule has 0 unspecified atom stereocenters. The Bertz CT molecular complexity index is 512. The maximum Gasteiger partial charge on any atom is 0.244 e. The number of morpholine rings is 1. The van der Waals surface area contributed by atoms with Crippen molar-refractivity contribution in [3.8, 4) is 0 Å². The Hall–Kier alpha value is 0.0500. The van der Waals surface area contributed by atoms with Gasteiger partial charge in [-0.3, -0.25) is 0 Å². The normalized spacial score (nSPS) is 18.2. The minimum absolute atomic E-state index is 0.286. The van der Waals surface area contributed by atoms with Crippen LogP contribution in [0.5, 0.6) is 0 Å². The van der Waals surface area contributed by atoms with E-state index in [1.807, 2.05) is 0 Å². The SMILES string of the molecule is O=S(=O)(c1cccc(Br)c1Br)N1CCOCC1. The van der Waals surface area contributed by atoms with Crippen molar-refractivity contribution < 1.29 is 13.2 Å². The zero-order valence-corrected chi connectivity index (χ0v) is 12.9. The standard InChI is InChI=1S/C10H11Br2NO3S/c11-8-2-1-3-9(10(8)12)17(14,15)13-4-6-16-7-5-13/h1-3H,4-7H2. The third kappa shape index (κ3) is 2.73. The van der Waals surface area contributed by atoms with E-state index in [1.54, 1.807) is 18.2 Å². The van der Waals surface area contributed by atoms with Crippen LogP contribution < -0.4 is 0 Å². The van der Waals surface area contributed by atoms with Crippen LogP contribution in [0.25, 0.3) is 0 Å². The fraction of sp³-hybridized carbons (Fsp3) is 0.400. The van der Waals surface area contributed by atoms with Crippen molar-refractivity contribution in [3.63, 3.8) is 0 Å². The van der Waals surface area contributed by atoms with Gasteiger partial charge in [-0.25, -0.2) is 8.42 Å². The molecule has 1 saturated heterocycles. The predicted octanol–water partition coefficient (Wildman–Crippen LogP) is 2.23. The molecule has 0 bridgehead atoms. The summed E-state index contributed by atoms with van der Waals surface area (Å²) in [5.74, 6) is 0. The van der Waals surface area contributed by atoms with Gasteiger partial charge >= 0.3 is 0 Å². The highest BCUT2D eigenvalue weighted by Crippen LogP contribution is 2.31. The van der Waals surface area contributed by atoms with Crippen LogP contribution in [0.1, 0.15) is 0 Å². The molecule has 0 saturated carbocycles. The van der Waals surface area contributed by atoms with E-state index in [0.29, 0.717) is 30.8 Å². The highest BCUT2D eigenvalue weighted by atomic mass is 79.9. The highest BCUT2D eigenvalue weighted by Gasteiger charge is 2.28. The molecule has 4 nitrogen and oxygen atoms in total. The number of ether oxygens (including phenoxy) is 1. The van der Waals surface area contributed by atoms with Crippen LogP contribution >= 0.6 is 31.9 Å². The molecule has 0 amide bonds. The van der Waals surface area contributed by atoms with Gasteiger partial charge < -0.3 is 4.74 Å². The summed E-state index contributed by atoms with van der Waals surface area (Å²) >= 11 is 6.61. The lowest BCUT2D eigenvalue weighted by Gasteiger charge is -2.26. The molecule has 1 aromatic carbocycles. The number of rotatable bonds is 2. The minimum atomic E-state index is -3.44. The third-order valence-corrected chi connectivity index (χ3v) is 6.75. The van der Waals surface area contributed by atoms with Crippen molar-refractivity contribution in [2.24, 2.45) is 0 Å². The lowest BCUT2D eigenvalue weighted by Crippen LogP contribution is -2.40. The average Bonchev–Trinajstić information content (AvgIpc) is 2.33. The van der Waals surface area contributed by atoms with Crippen molar-refractivity contribution in [2.75, 3.05) is 26.3 Å². The van der Waals surface area contributed by atoms with Crippen LogP contribution in [0, 0.1) is 0 Å². The van der Waals surface area contributed by atoms with Crippen molar-refractivity contribution in [1.82, 2.24) is 4.31 Å². The number of hydrogen-bond donors (Lipinski definition) is 0. The molecule has 0 atom stereocenters. The molecule has 1 heterocycles. The number of nitrogens with zero attached hydrogens (tertiary/aromatic N) is 1. The molecule has 1 fully saturated rings. The molecule has 0 spiro atoms. The van der Waals surface area contributed by atoms with Gasteiger partial charge in [0.2, 0.25) is 10.0 Å². The second-order valence-corrected chi connectivity index (χ2v) is 7.12. The van der Waals surface area contributed by atoms with E-state index >= 15 is 0 Å². The molecule has 1 aliphatic heterocycles. The van der Waals surface area contributed by atoms with Gasteiger partial charge in [-0.1, -0.05) is 6.07 Å². The number of benzene rings is 1. The molecular weight excluding hydrogens is 374 g/mol. The molecule has 0 N–H and O–H groups in total. The van der Waals surface area contributed by atoms with Gasteiger partial charge in [0.25, 0.3) is 0 Å². The summed E-state index contributed by atoms with van der Waals surface area (Å²) in [6.07, 6.45) is 0. The van der Waals surface area contributed by atoms with E-state index in [0.717, 1.165) is 4.47 Å². The van der Waals surface area contributed by atoms with Crippen LogP contribution in [-0.4, -0.2) is 39.0 Å². The Morgan fingerprint density at radius 2 is 1.82 bits per heavy atom. The van der Waals surface area contributed by atoms with E-state index in [-0.39, 0.29) is 4.90 Å². The molecule has 7 heteroatoms. The van der Waals surface area contributed by atoms with E-state index in [1.165, 1.54) is 4.31 Å². The largest absolute Gasteiger partial charge is 0.379 e. The Kier molecular flexibility index (Phi) is 4.25. The van der Waals surface area contributed by atoms with E-state index in [2.05, 4.69) is 31.9 Å². The Labute approximate surface area is 117 Å². The van der Waals surface area contributed by atoms with Crippen LogP contribution in [-0.2, 0) is 14.8 Å². The Morgan fingerprint density at radius 3 is 2.47 bits per heavy atom. The third-order valence-electron chi connectivity index (χ3n) is 2.50. The summed E-state index contributed by atoms with van der Waals surface area (Å²) < 4.78 is 32.7. The predicted molar refractivity (Wildman–Crippen MR) is 71.4 cm³/mol. The number of halogens is 2. The van der Waals surface area contributed by atoms with Gasteiger partial charge in [-0.05, 0) is 44.0 Å². The Morgan fingerprint density at radius 1 is 1.18 bits per heavy atom. The molecule has 94 valence electrons. The average molecular weight is 385 g/mol. The van der Waals surface area contributed by atoms with Crippen molar-refractivity contribution in [3.05, 3.63) is 27.1 Å². The molecule has 0 aromatic heterocycles. The molecule has 0 aliphatic carbocycles. The summed E-state index contributed by atoms with van der Waals surface area (Å²) in [6.45, 7) is 1.71. The lowest BCUT2D eigenvalue weighted by atomic mass is 10.4. The second kappa shape index (κ2) is 5.36. The first-order valence-electron chi connectivity index (χ1n) is 5.05. The van der Waals surface area contributed by atoms with E-state index in [9.17, 15) is 8.42 Å². The minimum Gasteiger partial charge on any atom is -0.379 e. The highest BCUT2D eigenvalue weighted by molar-refractivity contribution is 9.13. The summed E-state index contributed by atoms with van der Waals surface area (Å²) in [6, 6.07) is 5.10. The summed E-state index contributed by atoms with van der Waals surface area (Å²) in [5, 5.41) is 0. The molecule has 2 rings (SSSR count). The van der Waals surface area contributed by atoms with E-state index in [4.69, 9.17) is 4.74 Å². The zero-order valence-electron chi connectivity index (χ0n) is 8.90. The van der Waals surface area contributed by atoms with Crippen molar-refractivity contribution in [1.29, 1.82) is 0 Å². The summed E-state index contributed by atoms with van der Waals surface area (Å²) in [4.78, 5) is 0.286. The molecular formula is C10H11Br2NO3S. The van der Waals surface area contributed by atoms with Gasteiger partial charge in [0, 0.05) is 17.6 Å². The first-order chi connectivity index (χ1) is 8.03. The van der Waals surface area contributed by atoms with E-state index < -0.39 is 10.0 Å². The maximum atomic E-state index is 12.4. The zero-order chi connectivity index (χ0) is 12.5. The second-order valence-electron chi connectivity index (χ2n) is 3.57. The van der Waals surface area contributed by atoms with Gasteiger partial charge in [0.15, 0.2) is 0 Å². The van der Waals surface area contributed by atoms with Gasteiger partial charge in [-0.2, -0.15) is 4.31 Å². The quantitative estimate of drug-likeness (QED) is 0.785. The molecule has 1 aromatic rings. The number of hydrogen-bond acceptors (Lipinski definition) is 3. The molecule has 17 heavy (non-hydrogen) atoms. The molecule has 1 aliphatic rings. The van der Waals surface area contributed by atoms with Crippen molar-refractivity contribution >= 4 is 41.9 Å². The van der Waals surface area contributed by atoms with Crippen LogP contribution in [0.15, 0.2) is 32.0 Å². The molecule has 0 radical (unpaired) electrons. The van der Waals surface area contributed by atoms with Gasteiger partial charge in [-0.15, -0.1) is 0 Å². The van der Waals surface area contributed by atoms with Crippen LogP contribution in [0.2, 0.25) is 0 Å². The smallest absolute Gasteiger partial charge is 0.244 e. The van der Waals surface area contributed by atoms with Crippen molar-refractivity contribution in [2.45, 2.75) is 4.90 Å². The fourth-order valence-electron chi connectivity index (χ4n) is 1.61. The first kappa shape index (κ1) is 13.5. The van der Waals surface area contributed by atoms with Crippen LogP contribution in [0.4, 0.5) is 0 Å². The maximum absolute atomic E-state index is 12.4. The lowest BCUT2D eigenvalue weighted by molar-refractivity contribution is 0.0730. The first-order valence-corrected chi connectivity index (χ1v) is 8.08. The monoisotopic (exact) mass is 383 g/mol. The van der Waals surface area contributed by atoms with Crippen LogP contribution in [0.3, 0.4) is 0 Å². The summed E-state index contributed by atoms with van der Waals surface area (Å²) in [7, 11) is -3.44.